The van der Waals surface area contributed by atoms with E-state index in [4.69, 9.17) is 19.6 Å². The van der Waals surface area contributed by atoms with Gasteiger partial charge < -0.3 is 19.5 Å². The van der Waals surface area contributed by atoms with Crippen molar-refractivity contribution in [1.29, 1.82) is 0 Å². The Hall–Kier alpha value is -3.16. The van der Waals surface area contributed by atoms with Gasteiger partial charge in [0.25, 0.3) is 5.91 Å². The van der Waals surface area contributed by atoms with E-state index in [0.29, 0.717) is 31.1 Å². The molecule has 5 rings (SSSR count). The van der Waals surface area contributed by atoms with E-state index in [-0.39, 0.29) is 12.5 Å². The number of halogens is 1. The Bertz CT molecular complexity index is 1240. The third-order valence-corrected chi connectivity index (χ3v) is 7.03. The number of carbonyl (C=O) groups excluding carboxylic acids is 1. The maximum Gasteiger partial charge on any atom is 0.259 e. The van der Waals surface area contributed by atoms with E-state index in [1.807, 2.05) is 72.8 Å². The van der Waals surface area contributed by atoms with Gasteiger partial charge in [-0.1, -0.05) is 52.3 Å². The first-order valence-corrected chi connectivity index (χ1v) is 12.0. The van der Waals surface area contributed by atoms with Crippen LogP contribution in [0.3, 0.4) is 0 Å². The molecule has 0 saturated carbocycles. The number of hydrogen-bond acceptors (Lipinski definition) is 5. The van der Waals surface area contributed by atoms with Crippen molar-refractivity contribution < 1.29 is 19.4 Å². The van der Waals surface area contributed by atoms with Gasteiger partial charge in [-0.25, -0.2) is 4.99 Å². The summed E-state index contributed by atoms with van der Waals surface area (Å²) >= 11 is 3.65. The molecular formula is C27H25BrN2O4. The Kier molecular flexibility index (Phi) is 6.15. The number of carbonyl (C=O) groups is 1. The summed E-state index contributed by atoms with van der Waals surface area (Å²) in [5, 5.41) is 8.95. The lowest BCUT2D eigenvalue weighted by molar-refractivity contribution is -0.126. The number of aliphatic hydroxyl groups excluding tert-OH is 1. The molecule has 1 spiro atoms. The summed E-state index contributed by atoms with van der Waals surface area (Å²) in [7, 11) is 1.80. The highest BCUT2D eigenvalue weighted by Crippen LogP contribution is 2.48. The number of hydrogen-bond donors (Lipinski definition) is 1. The number of likely N-dealkylation sites (N-methyl/N-ethyl adjacent to an activating group) is 1. The molecule has 3 aromatic carbocycles. The average molecular weight is 521 g/mol. The molecule has 6 nitrogen and oxygen atoms in total. The highest BCUT2D eigenvalue weighted by Gasteiger charge is 2.57. The molecule has 0 fully saturated rings. The molecule has 0 bridgehead atoms. The van der Waals surface area contributed by atoms with Crippen LogP contribution in [0.4, 0.5) is 5.69 Å². The van der Waals surface area contributed by atoms with Crippen molar-refractivity contribution in [3.63, 3.8) is 0 Å². The van der Waals surface area contributed by atoms with Crippen LogP contribution in [0.1, 0.15) is 29.2 Å². The van der Waals surface area contributed by atoms with Crippen LogP contribution in [0.5, 0.6) is 5.75 Å². The van der Waals surface area contributed by atoms with Gasteiger partial charge in [0.2, 0.25) is 5.90 Å². The molecule has 7 heteroatoms. The topological polar surface area (TPSA) is 71.4 Å². The molecule has 1 amide bonds. The van der Waals surface area contributed by atoms with Crippen LogP contribution < -0.4 is 9.64 Å². The van der Waals surface area contributed by atoms with Crippen LogP contribution in [0, 0.1) is 0 Å². The van der Waals surface area contributed by atoms with Gasteiger partial charge in [-0.2, -0.15) is 0 Å². The fourth-order valence-corrected chi connectivity index (χ4v) is 5.10. The van der Waals surface area contributed by atoms with E-state index in [0.717, 1.165) is 26.9 Å². The molecule has 0 aliphatic carbocycles. The summed E-state index contributed by atoms with van der Waals surface area (Å²) in [4.78, 5) is 20.6. The van der Waals surface area contributed by atoms with Crippen LogP contribution in [0.2, 0.25) is 0 Å². The molecule has 2 atom stereocenters. The second-order valence-corrected chi connectivity index (χ2v) is 9.33. The number of aliphatic imine (C=N–C) groups is 1. The number of amides is 1. The summed E-state index contributed by atoms with van der Waals surface area (Å²) < 4.78 is 13.0. The molecule has 1 N–H and O–H groups in total. The normalized spacial score (nSPS) is 21.3. The van der Waals surface area contributed by atoms with Crippen LogP contribution in [0.15, 0.2) is 82.3 Å². The third kappa shape index (κ3) is 3.89. The number of aliphatic hydroxyl groups is 1. The molecule has 3 aromatic rings. The molecule has 0 saturated heterocycles. The monoisotopic (exact) mass is 520 g/mol. The Morgan fingerprint density at radius 3 is 2.62 bits per heavy atom. The minimum absolute atomic E-state index is 0.0901. The van der Waals surface area contributed by atoms with Crippen molar-refractivity contribution in [2.45, 2.75) is 24.5 Å². The maximum atomic E-state index is 13.9. The molecule has 34 heavy (non-hydrogen) atoms. The lowest BCUT2D eigenvalue weighted by Crippen LogP contribution is -2.53. The van der Waals surface area contributed by atoms with Crippen molar-refractivity contribution in [2.24, 2.45) is 4.99 Å². The second-order valence-electron chi connectivity index (χ2n) is 8.48. The van der Waals surface area contributed by atoms with Gasteiger partial charge in [-0.15, -0.1) is 0 Å². The van der Waals surface area contributed by atoms with Gasteiger partial charge in [0.05, 0.1) is 6.61 Å². The standard InChI is InChI=1S/C27H25BrN2O4/c1-30-23-10-5-2-7-19(23)17-27(26(30)32)24(21-8-3-4-9-22(21)28)34-25(29-27)18-11-13-20(14-12-18)33-16-6-15-31/h2-5,7-14,24,31H,6,15-17H2,1H3/t24-,27-/m0/s1. The van der Waals surface area contributed by atoms with Crippen molar-refractivity contribution >= 4 is 33.4 Å². The Labute approximate surface area is 207 Å². The average Bonchev–Trinajstić information content (AvgIpc) is 3.23. The van der Waals surface area contributed by atoms with Gasteiger partial charge >= 0.3 is 0 Å². The van der Waals surface area contributed by atoms with Crippen molar-refractivity contribution in [1.82, 2.24) is 0 Å². The Balaban J connectivity index is 1.56. The van der Waals surface area contributed by atoms with E-state index in [1.54, 1.807) is 11.9 Å². The van der Waals surface area contributed by atoms with Crippen LogP contribution in [-0.4, -0.2) is 42.7 Å². The van der Waals surface area contributed by atoms with Crippen LogP contribution in [-0.2, 0) is 16.0 Å². The summed E-state index contributed by atoms with van der Waals surface area (Å²) in [6.07, 6.45) is 0.441. The highest BCUT2D eigenvalue weighted by atomic mass is 79.9. The summed E-state index contributed by atoms with van der Waals surface area (Å²) in [6.45, 7) is 0.535. The first kappa shape index (κ1) is 22.6. The first-order chi connectivity index (χ1) is 16.5. The Morgan fingerprint density at radius 1 is 1.12 bits per heavy atom. The lowest BCUT2D eigenvalue weighted by Gasteiger charge is -2.39. The molecule has 0 radical (unpaired) electrons. The minimum Gasteiger partial charge on any atom is -0.494 e. The fraction of sp³-hybridized carbons (Fsp3) is 0.259. The van der Waals surface area contributed by atoms with E-state index >= 15 is 0 Å². The van der Waals surface area contributed by atoms with Crippen molar-refractivity contribution in [3.8, 4) is 5.75 Å². The van der Waals surface area contributed by atoms with Gasteiger partial charge in [-0.05, 0) is 42.0 Å². The fourth-order valence-electron chi connectivity index (χ4n) is 4.61. The van der Waals surface area contributed by atoms with E-state index in [9.17, 15) is 4.79 Å². The number of fused-ring (bicyclic) bond motifs is 1. The van der Waals surface area contributed by atoms with Crippen LogP contribution >= 0.6 is 15.9 Å². The number of para-hydroxylation sites is 1. The molecular weight excluding hydrogens is 496 g/mol. The van der Waals surface area contributed by atoms with Gasteiger partial charge in [0.1, 0.15) is 5.75 Å². The smallest absolute Gasteiger partial charge is 0.259 e. The zero-order valence-corrected chi connectivity index (χ0v) is 20.4. The molecule has 2 aliphatic rings. The summed E-state index contributed by atoms with van der Waals surface area (Å²) in [6, 6.07) is 23.2. The van der Waals surface area contributed by atoms with E-state index in [2.05, 4.69) is 15.9 Å². The van der Waals surface area contributed by atoms with Crippen LogP contribution in [0.25, 0.3) is 0 Å². The molecule has 2 aliphatic heterocycles. The number of nitrogens with zero attached hydrogens (tertiary/aromatic N) is 2. The quantitative estimate of drug-likeness (QED) is 0.478. The first-order valence-electron chi connectivity index (χ1n) is 11.2. The summed E-state index contributed by atoms with van der Waals surface area (Å²) in [5.74, 6) is 1.05. The summed E-state index contributed by atoms with van der Waals surface area (Å²) in [5.41, 5.74) is 2.50. The molecule has 174 valence electrons. The molecule has 0 aromatic heterocycles. The minimum atomic E-state index is -1.11. The van der Waals surface area contributed by atoms with Gasteiger partial charge in [0.15, 0.2) is 11.6 Å². The number of anilines is 1. The largest absolute Gasteiger partial charge is 0.494 e. The zero-order valence-electron chi connectivity index (χ0n) is 18.8. The number of rotatable bonds is 6. The highest BCUT2D eigenvalue weighted by molar-refractivity contribution is 9.10. The maximum absolute atomic E-state index is 13.9. The Morgan fingerprint density at radius 2 is 1.85 bits per heavy atom. The van der Waals surface area contributed by atoms with Gasteiger partial charge in [0, 0.05) is 47.8 Å². The lowest BCUT2D eigenvalue weighted by atomic mass is 9.78. The number of ether oxygens (including phenoxy) is 2. The second kappa shape index (κ2) is 9.24. The van der Waals surface area contributed by atoms with E-state index in [1.165, 1.54) is 0 Å². The molecule has 0 unspecified atom stereocenters. The predicted octanol–water partition coefficient (Wildman–Crippen LogP) is 4.69. The van der Waals surface area contributed by atoms with E-state index < -0.39 is 11.6 Å². The molecule has 2 heterocycles. The SMILES string of the molecule is CN1C(=O)[C@@]2(Cc3ccccc31)N=C(c1ccc(OCCCO)cc1)O[C@H]2c1ccccc1Br. The number of benzene rings is 3. The van der Waals surface area contributed by atoms with Gasteiger partial charge in [-0.3, -0.25) is 4.79 Å². The third-order valence-electron chi connectivity index (χ3n) is 6.31. The van der Waals surface area contributed by atoms with Crippen molar-refractivity contribution in [3.05, 3.63) is 94.0 Å². The van der Waals surface area contributed by atoms with Crippen molar-refractivity contribution in [2.75, 3.05) is 25.2 Å². The zero-order chi connectivity index (χ0) is 23.7. The predicted molar refractivity (Wildman–Crippen MR) is 134 cm³/mol.